The van der Waals surface area contributed by atoms with E-state index in [2.05, 4.69) is 0 Å². The van der Waals surface area contributed by atoms with Crippen molar-refractivity contribution in [3.8, 4) is 11.5 Å². The Morgan fingerprint density at radius 1 is 0.806 bits per heavy atom. The Morgan fingerprint density at radius 2 is 1.23 bits per heavy atom. The van der Waals surface area contributed by atoms with Gasteiger partial charge in [-0.05, 0) is 54.5 Å². The predicted molar refractivity (Wildman–Crippen MR) is 112 cm³/mol. The van der Waals surface area contributed by atoms with Crippen molar-refractivity contribution in [2.75, 3.05) is 6.61 Å². The van der Waals surface area contributed by atoms with E-state index in [9.17, 15) is 29.7 Å². The minimum absolute atomic E-state index is 0.0726. The molecule has 0 spiro atoms. The summed E-state index contributed by atoms with van der Waals surface area (Å²) in [6.45, 7) is 0.405. The molecule has 0 bridgehead atoms. The topological polar surface area (TPSA) is 130 Å². The van der Waals surface area contributed by atoms with Crippen LogP contribution in [0.4, 0.5) is 0 Å². The van der Waals surface area contributed by atoms with Crippen LogP contribution in [-0.4, -0.2) is 51.9 Å². The number of carbonyl (C=O) groups excluding carboxylic acids is 3. The van der Waals surface area contributed by atoms with Crippen molar-refractivity contribution >= 4 is 29.9 Å². The minimum atomic E-state index is -1.49. The summed E-state index contributed by atoms with van der Waals surface area (Å²) in [5.74, 6) is -2.19. The first-order chi connectivity index (χ1) is 14.8. The van der Waals surface area contributed by atoms with E-state index in [0.29, 0.717) is 11.1 Å². The number of hydrogen-bond donors (Lipinski definition) is 3. The molecular formula is C23H22O8. The third-order valence-corrected chi connectivity index (χ3v) is 4.04. The third-order valence-electron chi connectivity index (χ3n) is 4.04. The van der Waals surface area contributed by atoms with Gasteiger partial charge in [-0.15, -0.1) is 0 Å². The third kappa shape index (κ3) is 7.79. The number of ketones is 1. The molecule has 162 valence electrons. The molecule has 0 fully saturated rings. The van der Waals surface area contributed by atoms with Gasteiger partial charge in [0.05, 0.1) is 6.61 Å². The van der Waals surface area contributed by atoms with Crippen LogP contribution in [0.5, 0.6) is 11.5 Å². The second-order valence-corrected chi connectivity index (χ2v) is 6.48. The molecule has 0 aliphatic carbocycles. The van der Waals surface area contributed by atoms with E-state index in [1.165, 1.54) is 36.4 Å². The van der Waals surface area contributed by atoms with Crippen LogP contribution in [0.3, 0.4) is 0 Å². The molecule has 8 heteroatoms. The molecule has 0 radical (unpaired) electrons. The summed E-state index contributed by atoms with van der Waals surface area (Å²) in [6, 6.07) is 12.1. The largest absolute Gasteiger partial charge is 0.508 e. The highest BCUT2D eigenvalue weighted by Crippen LogP contribution is 2.13. The van der Waals surface area contributed by atoms with Gasteiger partial charge in [0.25, 0.3) is 0 Å². The van der Waals surface area contributed by atoms with Crippen molar-refractivity contribution in [3.05, 3.63) is 71.8 Å². The van der Waals surface area contributed by atoms with Gasteiger partial charge in [-0.2, -0.15) is 0 Å². The number of esters is 2. The summed E-state index contributed by atoms with van der Waals surface area (Å²) in [5, 5.41) is 28.0. The first kappa shape index (κ1) is 23.4. The molecular weight excluding hydrogens is 404 g/mol. The van der Waals surface area contributed by atoms with E-state index in [-0.39, 0.29) is 11.5 Å². The van der Waals surface area contributed by atoms with Crippen LogP contribution in [0.2, 0.25) is 0 Å². The lowest BCUT2D eigenvalue weighted by molar-refractivity contribution is -0.168. The second kappa shape index (κ2) is 11.3. The fraction of sp³-hybridized carbons (Fsp3) is 0.174. The highest BCUT2D eigenvalue weighted by Gasteiger charge is 2.31. The number of hydrogen-bond acceptors (Lipinski definition) is 8. The maximum Gasteiger partial charge on any atom is 0.331 e. The standard InChI is InChI=1S/C23H22O8/c1-15(25)23(31-22(29)13-7-17-4-10-19(27)11-5-17)20(14-24)30-21(28)12-6-16-2-8-18(26)9-3-16/h2-13,20,23-24,26-27H,14H2,1H3. The highest BCUT2D eigenvalue weighted by atomic mass is 16.6. The van der Waals surface area contributed by atoms with Gasteiger partial charge in [-0.3, -0.25) is 4.79 Å². The molecule has 31 heavy (non-hydrogen) atoms. The Morgan fingerprint density at radius 3 is 1.61 bits per heavy atom. The van der Waals surface area contributed by atoms with Gasteiger partial charge in [0.15, 0.2) is 18.0 Å². The number of rotatable bonds is 9. The van der Waals surface area contributed by atoms with E-state index < -0.39 is 36.5 Å². The number of aromatic hydroxyl groups is 2. The number of ether oxygens (including phenoxy) is 2. The van der Waals surface area contributed by atoms with Crippen molar-refractivity contribution in [3.63, 3.8) is 0 Å². The van der Waals surface area contributed by atoms with Gasteiger partial charge < -0.3 is 24.8 Å². The Labute approximate surface area is 178 Å². The molecule has 3 N–H and O–H groups in total. The molecule has 2 unspecified atom stereocenters. The summed E-state index contributed by atoms with van der Waals surface area (Å²) < 4.78 is 10.1. The van der Waals surface area contributed by atoms with E-state index in [4.69, 9.17) is 9.47 Å². The minimum Gasteiger partial charge on any atom is -0.508 e. The molecule has 2 aromatic rings. The zero-order chi connectivity index (χ0) is 22.8. The predicted octanol–water partition coefficient (Wildman–Crippen LogP) is 2.23. The van der Waals surface area contributed by atoms with E-state index in [1.54, 1.807) is 24.3 Å². The average Bonchev–Trinajstić information content (AvgIpc) is 2.75. The quantitative estimate of drug-likeness (QED) is 0.411. The number of benzene rings is 2. The van der Waals surface area contributed by atoms with Gasteiger partial charge in [0.1, 0.15) is 11.5 Å². The maximum absolute atomic E-state index is 12.1. The van der Waals surface area contributed by atoms with Gasteiger partial charge in [-0.25, -0.2) is 9.59 Å². The fourth-order valence-electron chi connectivity index (χ4n) is 2.47. The molecule has 0 saturated carbocycles. The lowest BCUT2D eigenvalue weighted by Gasteiger charge is -2.22. The molecule has 0 heterocycles. The number of Topliss-reactive ketones (excluding diaryl/α,β-unsaturated/α-hetero) is 1. The lowest BCUT2D eigenvalue weighted by Crippen LogP contribution is -2.42. The van der Waals surface area contributed by atoms with Crippen molar-refractivity contribution in [2.24, 2.45) is 0 Å². The number of aliphatic hydroxyl groups is 1. The van der Waals surface area contributed by atoms with Crippen molar-refractivity contribution in [2.45, 2.75) is 19.1 Å². The number of phenolic OH excluding ortho intramolecular Hbond substituents is 2. The first-order valence-corrected chi connectivity index (χ1v) is 9.25. The number of aliphatic hydroxyl groups excluding tert-OH is 1. The van der Waals surface area contributed by atoms with Crippen LogP contribution in [0.25, 0.3) is 12.2 Å². The molecule has 0 aliphatic rings. The van der Waals surface area contributed by atoms with Gasteiger partial charge >= 0.3 is 11.9 Å². The summed E-state index contributed by atoms with van der Waals surface area (Å²) in [7, 11) is 0. The zero-order valence-corrected chi connectivity index (χ0v) is 16.7. The van der Waals surface area contributed by atoms with Crippen molar-refractivity contribution in [1.82, 2.24) is 0 Å². The number of phenols is 2. The Bertz CT molecular complexity index is 958. The Hall–Kier alpha value is -3.91. The van der Waals surface area contributed by atoms with Crippen molar-refractivity contribution < 1.29 is 39.2 Å². The maximum atomic E-state index is 12.1. The normalized spacial score (nSPS) is 13.1. The highest BCUT2D eigenvalue weighted by molar-refractivity contribution is 5.91. The van der Waals surface area contributed by atoms with E-state index in [1.807, 2.05) is 0 Å². The molecule has 2 rings (SSSR count). The summed E-state index contributed by atoms with van der Waals surface area (Å²) in [4.78, 5) is 36.0. The van der Waals surface area contributed by atoms with Crippen LogP contribution >= 0.6 is 0 Å². The Balaban J connectivity index is 2.00. The second-order valence-electron chi connectivity index (χ2n) is 6.48. The van der Waals surface area contributed by atoms with Gasteiger partial charge in [0.2, 0.25) is 0 Å². The summed E-state index contributed by atoms with van der Waals surface area (Å²) >= 11 is 0. The van der Waals surface area contributed by atoms with Crippen molar-refractivity contribution in [1.29, 1.82) is 0 Å². The fourth-order valence-corrected chi connectivity index (χ4v) is 2.47. The average molecular weight is 426 g/mol. The lowest BCUT2D eigenvalue weighted by atomic mass is 10.1. The van der Waals surface area contributed by atoms with Crippen LogP contribution in [0.15, 0.2) is 60.7 Å². The first-order valence-electron chi connectivity index (χ1n) is 9.25. The monoisotopic (exact) mass is 426 g/mol. The molecule has 0 amide bonds. The van der Waals surface area contributed by atoms with E-state index in [0.717, 1.165) is 19.1 Å². The van der Waals surface area contributed by atoms with Crippen LogP contribution in [0, 0.1) is 0 Å². The van der Waals surface area contributed by atoms with Crippen LogP contribution < -0.4 is 0 Å². The van der Waals surface area contributed by atoms with Crippen LogP contribution in [0.1, 0.15) is 18.1 Å². The molecule has 2 aromatic carbocycles. The number of carbonyl (C=O) groups is 3. The van der Waals surface area contributed by atoms with Crippen LogP contribution in [-0.2, 0) is 23.9 Å². The summed E-state index contributed by atoms with van der Waals surface area (Å²) in [6.07, 6.45) is 2.11. The van der Waals surface area contributed by atoms with Gasteiger partial charge in [0, 0.05) is 12.2 Å². The molecule has 0 aromatic heterocycles. The van der Waals surface area contributed by atoms with Gasteiger partial charge in [-0.1, -0.05) is 24.3 Å². The zero-order valence-electron chi connectivity index (χ0n) is 16.7. The Kier molecular flexibility index (Phi) is 8.53. The molecule has 8 nitrogen and oxygen atoms in total. The molecule has 0 aliphatic heterocycles. The molecule has 2 atom stereocenters. The summed E-state index contributed by atoms with van der Waals surface area (Å²) in [5.41, 5.74) is 1.22. The smallest absolute Gasteiger partial charge is 0.331 e. The molecule has 0 saturated heterocycles. The SMILES string of the molecule is CC(=O)C(OC(=O)C=Cc1ccc(O)cc1)C(CO)OC(=O)C=Cc1ccc(O)cc1. The van der Waals surface area contributed by atoms with E-state index >= 15 is 0 Å².